The van der Waals surface area contributed by atoms with Crippen LogP contribution in [0.25, 0.3) is 10.8 Å². The highest BCUT2D eigenvalue weighted by Crippen LogP contribution is 2.19. The van der Waals surface area contributed by atoms with E-state index in [-0.39, 0.29) is 41.6 Å². The molecular weight excluding hydrogens is 422 g/mol. The summed E-state index contributed by atoms with van der Waals surface area (Å²) in [5.41, 5.74) is 7.41. The molecule has 0 spiro atoms. The third kappa shape index (κ3) is 4.64. The van der Waals surface area contributed by atoms with Crippen LogP contribution in [0, 0.1) is 6.92 Å². The number of rotatable bonds is 6. The van der Waals surface area contributed by atoms with Gasteiger partial charge >= 0.3 is 5.97 Å². The predicted molar refractivity (Wildman–Crippen MR) is 124 cm³/mol. The second kappa shape index (κ2) is 9.03. The van der Waals surface area contributed by atoms with E-state index in [9.17, 15) is 9.59 Å². The van der Waals surface area contributed by atoms with Gasteiger partial charge in [0.05, 0.1) is 11.4 Å². The van der Waals surface area contributed by atoms with Gasteiger partial charge in [-0.3, -0.25) is 4.79 Å². The zero-order chi connectivity index (χ0) is 23.5. The summed E-state index contributed by atoms with van der Waals surface area (Å²) < 4.78 is 6.70. The second-order valence-electron chi connectivity index (χ2n) is 7.69. The number of hydrogen-bond donors (Lipinski definition) is 2. The van der Waals surface area contributed by atoms with Crippen molar-refractivity contribution in [2.75, 3.05) is 11.1 Å². The topological polar surface area (TPSA) is 138 Å². The van der Waals surface area contributed by atoms with Crippen LogP contribution in [0.5, 0.6) is 0 Å². The van der Waals surface area contributed by atoms with Crippen molar-refractivity contribution in [1.82, 2.24) is 24.7 Å². The maximum Gasteiger partial charge on any atom is 0.359 e. The van der Waals surface area contributed by atoms with Gasteiger partial charge in [0.2, 0.25) is 11.9 Å². The zero-order valence-corrected chi connectivity index (χ0v) is 18.4. The zero-order valence-electron chi connectivity index (χ0n) is 18.4. The fourth-order valence-electron chi connectivity index (χ4n) is 3.30. The van der Waals surface area contributed by atoms with E-state index in [1.165, 1.54) is 4.68 Å². The molecule has 0 bridgehead atoms. The Kier molecular flexibility index (Phi) is 5.99. The number of carbonyl (C=O) groups is 1. The van der Waals surface area contributed by atoms with Crippen LogP contribution in [-0.2, 0) is 11.3 Å². The normalized spacial score (nSPS) is 11.0. The first kappa shape index (κ1) is 21.9. The highest BCUT2D eigenvalue weighted by molar-refractivity contribution is 6.02. The highest BCUT2D eigenvalue weighted by Gasteiger charge is 2.20. The summed E-state index contributed by atoms with van der Waals surface area (Å²) in [6.45, 7) is 5.33. The molecule has 4 aromatic rings. The van der Waals surface area contributed by atoms with Crippen molar-refractivity contribution in [2.24, 2.45) is 0 Å². The molecule has 3 N–H and O–H groups in total. The average molecular weight is 445 g/mol. The van der Waals surface area contributed by atoms with Gasteiger partial charge in [0.25, 0.3) is 5.56 Å². The first-order chi connectivity index (χ1) is 15.8. The largest absolute Gasteiger partial charge is 0.453 e. The number of nitrogen functional groups attached to an aromatic ring is 1. The molecule has 0 radical (unpaired) electrons. The molecule has 2 heterocycles. The molecule has 0 aliphatic rings. The Labute approximate surface area is 189 Å². The molecule has 168 valence electrons. The first-order valence-corrected chi connectivity index (χ1v) is 10.3. The molecule has 10 nitrogen and oxygen atoms in total. The van der Waals surface area contributed by atoms with E-state index in [0.717, 1.165) is 11.3 Å². The van der Waals surface area contributed by atoms with E-state index in [1.807, 2.05) is 45.0 Å². The van der Waals surface area contributed by atoms with Crippen LogP contribution in [0.15, 0.2) is 53.3 Å². The summed E-state index contributed by atoms with van der Waals surface area (Å²) in [4.78, 5) is 38.0. The predicted octanol–water partition coefficient (Wildman–Crippen LogP) is 3.15. The van der Waals surface area contributed by atoms with Crippen LogP contribution in [0.4, 0.5) is 17.6 Å². The molecular formula is C23H23N7O3. The Morgan fingerprint density at radius 2 is 1.76 bits per heavy atom. The Bertz CT molecular complexity index is 1400. The molecule has 0 atom stereocenters. The lowest BCUT2D eigenvalue weighted by Crippen LogP contribution is -2.28. The maximum absolute atomic E-state index is 12.9. The lowest BCUT2D eigenvalue weighted by Gasteiger charge is -2.13. The molecule has 0 fully saturated rings. The number of fused-ring (bicyclic) bond motifs is 1. The minimum Gasteiger partial charge on any atom is -0.453 e. The first-order valence-electron chi connectivity index (χ1n) is 10.3. The number of anilines is 3. The number of benzene rings is 2. The molecule has 2 aromatic carbocycles. The van der Waals surface area contributed by atoms with Crippen molar-refractivity contribution < 1.29 is 9.53 Å². The van der Waals surface area contributed by atoms with Gasteiger partial charge in [-0.2, -0.15) is 20.1 Å². The van der Waals surface area contributed by atoms with Crippen LogP contribution in [0.3, 0.4) is 0 Å². The summed E-state index contributed by atoms with van der Waals surface area (Å²) in [6, 6.07) is 14.2. The molecule has 10 heteroatoms. The molecule has 33 heavy (non-hydrogen) atoms. The quantitative estimate of drug-likeness (QED) is 0.429. The third-order valence-electron chi connectivity index (χ3n) is 4.93. The van der Waals surface area contributed by atoms with Gasteiger partial charge in [-0.05, 0) is 38.5 Å². The molecule has 4 rings (SSSR count). The number of nitrogens with zero attached hydrogens (tertiary/aromatic N) is 5. The molecule has 2 aromatic heterocycles. The molecule has 0 aliphatic carbocycles. The van der Waals surface area contributed by atoms with Crippen LogP contribution in [0.1, 0.15) is 41.8 Å². The van der Waals surface area contributed by atoms with E-state index >= 15 is 0 Å². The summed E-state index contributed by atoms with van der Waals surface area (Å²) >= 11 is 0. The minimum absolute atomic E-state index is 0.0101. The number of hydrogen-bond acceptors (Lipinski definition) is 9. The van der Waals surface area contributed by atoms with Gasteiger partial charge < -0.3 is 15.8 Å². The Hall–Kier alpha value is -4.34. The number of esters is 1. The second-order valence-corrected chi connectivity index (χ2v) is 7.69. The Balaban J connectivity index is 1.59. The fourth-order valence-corrected chi connectivity index (χ4v) is 3.30. The van der Waals surface area contributed by atoms with E-state index in [2.05, 4.69) is 25.4 Å². The van der Waals surface area contributed by atoms with Crippen molar-refractivity contribution in [3.8, 4) is 0 Å². The molecule has 0 amide bonds. The van der Waals surface area contributed by atoms with Crippen molar-refractivity contribution >= 4 is 34.3 Å². The van der Waals surface area contributed by atoms with Crippen molar-refractivity contribution in [3.05, 3.63) is 76.0 Å². The summed E-state index contributed by atoms with van der Waals surface area (Å²) in [5, 5.41) is 8.15. The van der Waals surface area contributed by atoms with Gasteiger partial charge in [0.1, 0.15) is 0 Å². The number of nitrogens with two attached hydrogens (primary N) is 1. The van der Waals surface area contributed by atoms with Gasteiger partial charge in [0, 0.05) is 11.1 Å². The minimum atomic E-state index is -0.701. The van der Waals surface area contributed by atoms with Crippen LogP contribution in [0.2, 0.25) is 0 Å². The summed E-state index contributed by atoms with van der Waals surface area (Å²) in [7, 11) is 0. The smallest absolute Gasteiger partial charge is 0.359 e. The van der Waals surface area contributed by atoms with Crippen LogP contribution >= 0.6 is 0 Å². The Morgan fingerprint density at radius 1 is 1.06 bits per heavy atom. The number of aryl methyl sites for hydroxylation is 1. The number of aromatic nitrogens is 5. The van der Waals surface area contributed by atoms with E-state index in [4.69, 9.17) is 10.5 Å². The molecule has 0 saturated carbocycles. The number of para-hydroxylation sites is 1. The Morgan fingerprint density at radius 3 is 2.48 bits per heavy atom. The van der Waals surface area contributed by atoms with Crippen LogP contribution in [-0.4, -0.2) is 30.7 Å². The maximum atomic E-state index is 12.9. The van der Waals surface area contributed by atoms with E-state index < -0.39 is 5.97 Å². The highest BCUT2D eigenvalue weighted by atomic mass is 16.5. The fraction of sp³-hybridized carbons (Fsp3) is 0.217. The van der Waals surface area contributed by atoms with Crippen molar-refractivity contribution in [3.63, 3.8) is 0 Å². The average Bonchev–Trinajstić information content (AvgIpc) is 2.79. The standard InChI is InChI=1S/C23H23N7O3/c1-13(2)30-20(31)16-10-6-5-9-15(16)19(29-30)21(32)33-12-18-26-22(24)28-23(27-18)25-17-11-7-4-8-14(17)3/h4-11,13H,12H2,1-3H3,(H3,24,25,26,27,28). The molecule has 0 saturated heterocycles. The molecule has 0 aliphatic heterocycles. The lowest BCUT2D eigenvalue weighted by molar-refractivity contribution is 0.0454. The summed E-state index contributed by atoms with van der Waals surface area (Å²) in [6.07, 6.45) is 0. The van der Waals surface area contributed by atoms with Gasteiger partial charge in [-0.15, -0.1) is 0 Å². The van der Waals surface area contributed by atoms with E-state index in [1.54, 1.807) is 24.3 Å². The monoisotopic (exact) mass is 445 g/mol. The van der Waals surface area contributed by atoms with Gasteiger partial charge in [-0.1, -0.05) is 36.4 Å². The number of ether oxygens (including phenoxy) is 1. The summed E-state index contributed by atoms with van der Waals surface area (Å²) in [5.74, 6) is -0.301. The SMILES string of the molecule is Cc1ccccc1Nc1nc(N)nc(COC(=O)c2nn(C(C)C)c(=O)c3ccccc23)n1. The number of nitrogens with one attached hydrogen (secondary N) is 1. The third-order valence-corrected chi connectivity index (χ3v) is 4.93. The van der Waals surface area contributed by atoms with Gasteiger partial charge in [0.15, 0.2) is 18.1 Å². The van der Waals surface area contributed by atoms with E-state index in [0.29, 0.717) is 10.8 Å². The molecule has 0 unspecified atom stereocenters. The van der Waals surface area contributed by atoms with Gasteiger partial charge in [-0.25, -0.2) is 9.48 Å². The lowest BCUT2D eigenvalue weighted by atomic mass is 10.1. The number of carbonyl (C=O) groups excluding carboxylic acids is 1. The van der Waals surface area contributed by atoms with Crippen molar-refractivity contribution in [1.29, 1.82) is 0 Å². The van der Waals surface area contributed by atoms with Crippen molar-refractivity contribution in [2.45, 2.75) is 33.4 Å². The van der Waals surface area contributed by atoms with Crippen LogP contribution < -0.4 is 16.6 Å².